The van der Waals surface area contributed by atoms with Gasteiger partial charge in [-0.3, -0.25) is 0 Å². The monoisotopic (exact) mass is 183 g/mol. The Labute approximate surface area is 80.7 Å². The number of nitrogens with one attached hydrogen (secondary N) is 1. The van der Waals surface area contributed by atoms with Crippen molar-refractivity contribution in [2.45, 2.75) is 63.6 Å². The number of aliphatic hydroxyl groups is 1. The lowest BCUT2D eigenvalue weighted by Crippen LogP contribution is -2.37. The molecule has 2 heteroatoms. The lowest BCUT2D eigenvalue weighted by atomic mass is 10.2. The fraction of sp³-hybridized carbons (Fsp3) is 1.00. The van der Waals surface area contributed by atoms with E-state index in [4.69, 9.17) is 0 Å². The van der Waals surface area contributed by atoms with Crippen molar-refractivity contribution < 1.29 is 5.11 Å². The smallest absolute Gasteiger partial charge is 0.0693 e. The predicted molar refractivity (Wildman–Crippen MR) is 53.6 cm³/mol. The molecular formula is C11H21NO. The third-order valence-corrected chi connectivity index (χ3v) is 3.49. The third kappa shape index (κ3) is 2.23. The van der Waals surface area contributed by atoms with Crippen LogP contribution in [-0.4, -0.2) is 23.3 Å². The van der Waals surface area contributed by atoms with Gasteiger partial charge in [-0.2, -0.15) is 0 Å². The topological polar surface area (TPSA) is 32.3 Å². The van der Waals surface area contributed by atoms with E-state index in [0.29, 0.717) is 6.04 Å². The lowest BCUT2D eigenvalue weighted by molar-refractivity contribution is 0.147. The van der Waals surface area contributed by atoms with Crippen LogP contribution in [0, 0.1) is 5.92 Å². The second kappa shape index (κ2) is 3.97. The highest BCUT2D eigenvalue weighted by Gasteiger charge is 2.39. The summed E-state index contributed by atoms with van der Waals surface area (Å²) >= 11 is 0. The first-order valence-electron chi connectivity index (χ1n) is 5.75. The molecule has 0 aromatic heterocycles. The molecular weight excluding hydrogens is 162 g/mol. The van der Waals surface area contributed by atoms with E-state index in [1.165, 1.54) is 32.1 Å². The molecule has 0 aromatic carbocycles. The summed E-state index contributed by atoms with van der Waals surface area (Å²) in [6.45, 7) is 2.25. The van der Waals surface area contributed by atoms with Crippen LogP contribution in [0.4, 0.5) is 0 Å². The van der Waals surface area contributed by atoms with Crippen LogP contribution in [-0.2, 0) is 0 Å². The fourth-order valence-electron chi connectivity index (χ4n) is 2.55. The maximum atomic E-state index is 9.62. The van der Waals surface area contributed by atoms with Gasteiger partial charge in [0.2, 0.25) is 0 Å². The number of hydrogen-bond donors (Lipinski definition) is 2. The van der Waals surface area contributed by atoms with Crippen molar-refractivity contribution >= 4 is 0 Å². The molecule has 0 amide bonds. The van der Waals surface area contributed by atoms with E-state index < -0.39 is 0 Å². The second-order valence-electron chi connectivity index (χ2n) is 4.66. The van der Waals surface area contributed by atoms with Gasteiger partial charge < -0.3 is 10.4 Å². The first kappa shape index (κ1) is 9.47. The maximum absolute atomic E-state index is 9.62. The Balaban J connectivity index is 1.68. The first-order chi connectivity index (χ1) is 6.31. The molecule has 0 aliphatic heterocycles. The molecule has 0 bridgehead atoms. The van der Waals surface area contributed by atoms with Gasteiger partial charge in [0.1, 0.15) is 0 Å². The van der Waals surface area contributed by atoms with Crippen LogP contribution in [0.2, 0.25) is 0 Å². The van der Waals surface area contributed by atoms with Gasteiger partial charge in [0.25, 0.3) is 0 Å². The van der Waals surface area contributed by atoms with Crippen molar-refractivity contribution in [2.24, 2.45) is 5.92 Å². The molecule has 4 atom stereocenters. The van der Waals surface area contributed by atoms with Crippen LogP contribution in [0.25, 0.3) is 0 Å². The summed E-state index contributed by atoms with van der Waals surface area (Å²) in [5.74, 6) is 0.915. The van der Waals surface area contributed by atoms with Gasteiger partial charge in [-0.05, 0) is 38.0 Å². The van der Waals surface area contributed by atoms with Crippen LogP contribution in [0.3, 0.4) is 0 Å². The standard InChI is InChI=1S/C11H21NO/c1-2-4-8-7-10(8)12-9-5-3-6-11(9)13/h8-13H,2-7H2,1H3. The van der Waals surface area contributed by atoms with E-state index in [-0.39, 0.29) is 6.10 Å². The highest BCUT2D eigenvalue weighted by Crippen LogP contribution is 2.36. The van der Waals surface area contributed by atoms with Gasteiger partial charge in [-0.1, -0.05) is 13.3 Å². The van der Waals surface area contributed by atoms with Crippen molar-refractivity contribution in [2.75, 3.05) is 0 Å². The second-order valence-corrected chi connectivity index (χ2v) is 4.66. The fourth-order valence-corrected chi connectivity index (χ4v) is 2.55. The number of hydrogen-bond acceptors (Lipinski definition) is 2. The molecule has 76 valence electrons. The molecule has 2 fully saturated rings. The first-order valence-corrected chi connectivity index (χ1v) is 5.75. The van der Waals surface area contributed by atoms with Gasteiger partial charge in [0.15, 0.2) is 0 Å². The van der Waals surface area contributed by atoms with Crippen LogP contribution in [0.5, 0.6) is 0 Å². The Morgan fingerprint density at radius 3 is 2.77 bits per heavy atom. The summed E-state index contributed by atoms with van der Waals surface area (Å²) in [6.07, 6.45) is 7.32. The van der Waals surface area contributed by atoms with Gasteiger partial charge in [-0.15, -0.1) is 0 Å². The maximum Gasteiger partial charge on any atom is 0.0693 e. The molecule has 2 nitrogen and oxygen atoms in total. The van der Waals surface area contributed by atoms with Gasteiger partial charge >= 0.3 is 0 Å². The van der Waals surface area contributed by atoms with Gasteiger partial charge in [0.05, 0.1) is 6.10 Å². The summed E-state index contributed by atoms with van der Waals surface area (Å²) in [4.78, 5) is 0. The highest BCUT2D eigenvalue weighted by molar-refractivity contribution is 4.97. The van der Waals surface area contributed by atoms with Crippen molar-refractivity contribution in [1.29, 1.82) is 0 Å². The molecule has 0 heterocycles. The highest BCUT2D eigenvalue weighted by atomic mass is 16.3. The van der Waals surface area contributed by atoms with Crippen molar-refractivity contribution in [3.05, 3.63) is 0 Å². The normalized spacial score (nSPS) is 43.8. The average molecular weight is 183 g/mol. The molecule has 4 unspecified atom stereocenters. The van der Waals surface area contributed by atoms with Gasteiger partial charge in [0, 0.05) is 12.1 Å². The summed E-state index contributed by atoms with van der Waals surface area (Å²) in [5.41, 5.74) is 0. The van der Waals surface area contributed by atoms with E-state index in [1.54, 1.807) is 0 Å². The van der Waals surface area contributed by atoms with Crippen LogP contribution < -0.4 is 5.32 Å². The Morgan fingerprint density at radius 2 is 2.15 bits per heavy atom. The van der Waals surface area contributed by atoms with Crippen molar-refractivity contribution in [3.63, 3.8) is 0 Å². The quantitative estimate of drug-likeness (QED) is 0.695. The predicted octanol–water partition coefficient (Wildman–Crippen LogP) is 1.68. The zero-order chi connectivity index (χ0) is 9.26. The molecule has 2 saturated carbocycles. The number of aliphatic hydroxyl groups excluding tert-OH is 1. The van der Waals surface area contributed by atoms with Gasteiger partial charge in [-0.25, -0.2) is 0 Å². The number of rotatable bonds is 4. The largest absolute Gasteiger partial charge is 0.392 e. The SMILES string of the molecule is CCCC1CC1NC1CCCC1O. The Kier molecular flexibility index (Phi) is 2.89. The van der Waals surface area contributed by atoms with Crippen LogP contribution in [0.1, 0.15) is 45.4 Å². The Hall–Kier alpha value is -0.0800. The minimum atomic E-state index is -0.0668. The van der Waals surface area contributed by atoms with Crippen LogP contribution in [0.15, 0.2) is 0 Å². The Bertz CT molecular complexity index is 171. The summed E-state index contributed by atoms with van der Waals surface area (Å²) in [5, 5.41) is 13.2. The van der Waals surface area contributed by atoms with Crippen molar-refractivity contribution in [3.8, 4) is 0 Å². The zero-order valence-corrected chi connectivity index (χ0v) is 8.50. The van der Waals surface area contributed by atoms with E-state index in [9.17, 15) is 5.11 Å². The summed E-state index contributed by atoms with van der Waals surface area (Å²) in [7, 11) is 0. The molecule has 0 radical (unpaired) electrons. The molecule has 2 aliphatic carbocycles. The minimum Gasteiger partial charge on any atom is -0.392 e. The third-order valence-electron chi connectivity index (χ3n) is 3.49. The minimum absolute atomic E-state index is 0.0668. The van der Waals surface area contributed by atoms with E-state index in [2.05, 4.69) is 12.2 Å². The molecule has 0 saturated heterocycles. The molecule has 0 aromatic rings. The molecule has 2 rings (SSSR count). The van der Waals surface area contributed by atoms with E-state index in [0.717, 1.165) is 18.4 Å². The molecule has 2 aliphatic rings. The van der Waals surface area contributed by atoms with E-state index in [1.807, 2.05) is 0 Å². The molecule has 2 N–H and O–H groups in total. The lowest BCUT2D eigenvalue weighted by Gasteiger charge is -2.16. The van der Waals surface area contributed by atoms with Crippen molar-refractivity contribution in [1.82, 2.24) is 5.32 Å². The zero-order valence-electron chi connectivity index (χ0n) is 8.50. The van der Waals surface area contributed by atoms with Crippen LogP contribution >= 0.6 is 0 Å². The summed E-state index contributed by atoms with van der Waals surface area (Å²) < 4.78 is 0. The Morgan fingerprint density at radius 1 is 1.31 bits per heavy atom. The molecule has 13 heavy (non-hydrogen) atoms. The molecule has 0 spiro atoms. The van der Waals surface area contributed by atoms with E-state index >= 15 is 0 Å². The average Bonchev–Trinajstić information content (AvgIpc) is 2.69. The summed E-state index contributed by atoms with van der Waals surface area (Å²) in [6, 6.07) is 1.14.